The number of rotatable bonds is 4. The average Bonchev–Trinajstić information content (AvgIpc) is 3.13. The predicted octanol–water partition coefficient (Wildman–Crippen LogP) is 3.25. The number of anilines is 1. The highest BCUT2D eigenvalue weighted by Crippen LogP contribution is 2.40. The van der Waals surface area contributed by atoms with Crippen molar-refractivity contribution in [2.75, 3.05) is 31.3 Å². The van der Waals surface area contributed by atoms with Crippen molar-refractivity contribution < 1.29 is 22.1 Å². The summed E-state index contributed by atoms with van der Waals surface area (Å²) in [5.41, 5.74) is 0.0584. The molecule has 3 N–H and O–H groups in total. The number of fused-ring (bicyclic) bond motifs is 2. The molecule has 12 heteroatoms. The minimum absolute atomic E-state index is 0.0932. The zero-order valence-electron chi connectivity index (χ0n) is 17.0. The largest absolute Gasteiger partial charge is 0.491 e. The van der Waals surface area contributed by atoms with Gasteiger partial charge in [-0.05, 0) is 12.1 Å². The molecule has 4 heterocycles. The van der Waals surface area contributed by atoms with Gasteiger partial charge in [-0.15, -0.1) is 0 Å². The number of likely N-dealkylation sites (tertiary alicyclic amines) is 1. The number of alkyl halides is 3. The van der Waals surface area contributed by atoms with E-state index in [1.54, 1.807) is 0 Å². The van der Waals surface area contributed by atoms with Crippen LogP contribution in [0.15, 0.2) is 36.7 Å². The van der Waals surface area contributed by atoms with Gasteiger partial charge in [0.2, 0.25) is 0 Å². The molecule has 0 radical (unpaired) electrons. The highest BCUT2D eigenvalue weighted by atomic mass is 32.2. The maximum Gasteiger partial charge on any atom is 0.431 e. The standard InChI is InChI=1S/C20H21F3N6O2S/c1-32(24,30)11-7-29(8-11)14-9-31-15-5-3-2-4-12(15)17(14)28-19-13-6-16(20(21,22)23)27-18(13)25-10-26-19/h2-6,10-11,14,17,24H,7-9H2,1H3,(H2,25,26,27,28)/t14-,17-,32-/m0/s1. The predicted molar refractivity (Wildman–Crippen MR) is 113 cm³/mol. The Balaban J connectivity index is 1.50. The first-order valence-corrected chi connectivity index (χ1v) is 12.0. The fraction of sp³-hybridized carbons (Fsp3) is 0.400. The summed E-state index contributed by atoms with van der Waals surface area (Å²) >= 11 is 0. The number of aromatic amines is 1. The number of aromatic nitrogens is 3. The van der Waals surface area contributed by atoms with Gasteiger partial charge in [0.05, 0.1) is 22.7 Å². The highest BCUT2D eigenvalue weighted by Gasteiger charge is 2.43. The topological polar surface area (TPSA) is 107 Å². The van der Waals surface area contributed by atoms with Gasteiger partial charge in [-0.2, -0.15) is 13.2 Å². The van der Waals surface area contributed by atoms with Crippen molar-refractivity contribution in [2.24, 2.45) is 0 Å². The summed E-state index contributed by atoms with van der Waals surface area (Å²) in [5.74, 6) is 0.971. The maximum absolute atomic E-state index is 13.2. The Morgan fingerprint density at radius 3 is 2.75 bits per heavy atom. The molecule has 3 atom stereocenters. The number of para-hydroxylation sites is 1. The molecule has 1 fully saturated rings. The molecule has 170 valence electrons. The Morgan fingerprint density at radius 2 is 2.03 bits per heavy atom. The fourth-order valence-electron chi connectivity index (χ4n) is 4.22. The minimum Gasteiger partial charge on any atom is -0.491 e. The van der Waals surface area contributed by atoms with Crippen LogP contribution in [0.25, 0.3) is 11.0 Å². The van der Waals surface area contributed by atoms with E-state index in [-0.39, 0.29) is 34.2 Å². The molecule has 2 aliphatic heterocycles. The van der Waals surface area contributed by atoms with Gasteiger partial charge in [0.25, 0.3) is 0 Å². The van der Waals surface area contributed by atoms with E-state index in [1.807, 2.05) is 24.3 Å². The van der Waals surface area contributed by atoms with E-state index < -0.39 is 21.6 Å². The van der Waals surface area contributed by atoms with Crippen LogP contribution < -0.4 is 10.1 Å². The lowest BCUT2D eigenvalue weighted by Crippen LogP contribution is -2.62. The molecule has 0 amide bonds. The molecule has 8 nitrogen and oxygen atoms in total. The molecular weight excluding hydrogens is 445 g/mol. The van der Waals surface area contributed by atoms with Gasteiger partial charge in [-0.25, -0.2) is 14.2 Å². The number of benzene rings is 1. The van der Waals surface area contributed by atoms with Crippen molar-refractivity contribution in [3.63, 3.8) is 0 Å². The summed E-state index contributed by atoms with van der Waals surface area (Å²) in [4.78, 5) is 12.6. The van der Waals surface area contributed by atoms with Crippen LogP contribution in [0.1, 0.15) is 17.3 Å². The third kappa shape index (κ3) is 3.66. The molecule has 3 aromatic rings. The van der Waals surface area contributed by atoms with Crippen LogP contribution in [0.4, 0.5) is 19.0 Å². The number of nitrogens with one attached hydrogen (secondary N) is 3. The second-order valence-corrected chi connectivity index (χ2v) is 10.7. The Bertz CT molecular complexity index is 1270. The summed E-state index contributed by atoms with van der Waals surface area (Å²) in [5, 5.41) is 3.34. The van der Waals surface area contributed by atoms with Gasteiger partial charge < -0.3 is 15.0 Å². The molecule has 1 saturated heterocycles. The lowest BCUT2D eigenvalue weighted by atomic mass is 9.93. The smallest absolute Gasteiger partial charge is 0.431 e. The van der Waals surface area contributed by atoms with Gasteiger partial charge in [-0.1, -0.05) is 18.2 Å². The molecule has 0 bridgehead atoms. The first kappa shape index (κ1) is 21.0. The number of hydrogen-bond acceptors (Lipinski definition) is 7. The van der Waals surface area contributed by atoms with Gasteiger partial charge in [-0.3, -0.25) is 9.68 Å². The number of H-pyrrole nitrogens is 1. The van der Waals surface area contributed by atoms with Crippen LogP contribution in [0, 0.1) is 4.78 Å². The Labute approximate surface area is 182 Å². The summed E-state index contributed by atoms with van der Waals surface area (Å²) < 4.78 is 65.5. The van der Waals surface area contributed by atoms with E-state index in [4.69, 9.17) is 9.52 Å². The van der Waals surface area contributed by atoms with E-state index in [1.165, 1.54) is 12.6 Å². The van der Waals surface area contributed by atoms with Gasteiger partial charge in [0.1, 0.15) is 35.8 Å². The van der Waals surface area contributed by atoms with Crippen LogP contribution in [-0.4, -0.2) is 61.3 Å². The van der Waals surface area contributed by atoms with E-state index in [0.29, 0.717) is 25.4 Å². The zero-order valence-corrected chi connectivity index (χ0v) is 17.8. The second-order valence-electron chi connectivity index (χ2n) is 8.18. The van der Waals surface area contributed by atoms with Crippen molar-refractivity contribution in [1.29, 1.82) is 4.78 Å². The molecule has 5 rings (SSSR count). The van der Waals surface area contributed by atoms with Crippen molar-refractivity contribution >= 4 is 26.6 Å². The number of halogens is 3. The average molecular weight is 466 g/mol. The van der Waals surface area contributed by atoms with Crippen molar-refractivity contribution in [3.05, 3.63) is 47.9 Å². The summed E-state index contributed by atoms with van der Waals surface area (Å²) in [6.45, 7) is 1.34. The van der Waals surface area contributed by atoms with Gasteiger partial charge in [0, 0.05) is 34.6 Å². The molecule has 2 aliphatic rings. The number of ether oxygens (including phenoxy) is 1. The molecule has 0 spiro atoms. The van der Waals surface area contributed by atoms with Gasteiger partial charge >= 0.3 is 6.18 Å². The zero-order chi connectivity index (χ0) is 22.7. The highest BCUT2D eigenvalue weighted by molar-refractivity contribution is 7.92. The number of hydrogen-bond donors (Lipinski definition) is 3. The Morgan fingerprint density at radius 1 is 1.28 bits per heavy atom. The minimum atomic E-state index is -4.53. The van der Waals surface area contributed by atoms with E-state index in [0.717, 1.165) is 11.6 Å². The first-order chi connectivity index (χ1) is 15.1. The Hall–Kier alpha value is -2.86. The van der Waals surface area contributed by atoms with Crippen LogP contribution in [-0.2, 0) is 15.9 Å². The fourth-order valence-corrected chi connectivity index (χ4v) is 5.17. The molecular formula is C20H21F3N6O2S. The van der Waals surface area contributed by atoms with E-state index >= 15 is 0 Å². The van der Waals surface area contributed by atoms with Crippen LogP contribution >= 0.6 is 0 Å². The monoisotopic (exact) mass is 466 g/mol. The van der Waals surface area contributed by atoms with Gasteiger partial charge in [0.15, 0.2) is 0 Å². The van der Waals surface area contributed by atoms with Crippen molar-refractivity contribution in [1.82, 2.24) is 19.9 Å². The summed E-state index contributed by atoms with van der Waals surface area (Å²) in [7, 11) is -2.65. The third-order valence-electron chi connectivity index (χ3n) is 6.05. The van der Waals surface area contributed by atoms with Crippen molar-refractivity contribution in [3.8, 4) is 5.75 Å². The second kappa shape index (κ2) is 7.34. The molecule has 0 aliphatic carbocycles. The molecule has 2 aromatic heterocycles. The van der Waals surface area contributed by atoms with E-state index in [2.05, 4.69) is 25.2 Å². The molecule has 0 unspecified atom stereocenters. The quantitative estimate of drug-likeness (QED) is 0.545. The lowest BCUT2D eigenvalue weighted by Gasteiger charge is -2.48. The summed E-state index contributed by atoms with van der Waals surface area (Å²) in [6.07, 6.45) is -1.87. The van der Waals surface area contributed by atoms with E-state index in [9.17, 15) is 17.4 Å². The lowest BCUT2D eigenvalue weighted by molar-refractivity contribution is -0.140. The molecule has 1 aromatic carbocycles. The maximum atomic E-state index is 13.2. The Kier molecular flexibility index (Phi) is 4.82. The van der Waals surface area contributed by atoms with Crippen molar-refractivity contribution in [2.45, 2.75) is 23.5 Å². The first-order valence-electron chi connectivity index (χ1n) is 9.97. The SMILES string of the molecule is C[S@](=N)(=O)C1CN([C@H]2COc3ccccc3[C@@H]2Nc2ncnc3[nH]c(C(F)(F)F)cc23)C1. The molecule has 0 saturated carbocycles. The third-order valence-corrected chi connectivity index (χ3v) is 7.62. The van der Waals surface area contributed by atoms with Crippen LogP contribution in [0.5, 0.6) is 5.75 Å². The van der Waals surface area contributed by atoms with Crippen LogP contribution in [0.2, 0.25) is 0 Å². The van der Waals surface area contributed by atoms with Crippen LogP contribution in [0.3, 0.4) is 0 Å². The molecule has 32 heavy (non-hydrogen) atoms. The normalized spacial score (nSPS) is 23.8. The number of nitrogens with zero attached hydrogens (tertiary/aromatic N) is 3. The summed E-state index contributed by atoms with van der Waals surface area (Å²) in [6, 6.07) is 7.97.